The van der Waals surface area contributed by atoms with Crippen molar-refractivity contribution < 1.29 is 22.4 Å². The van der Waals surface area contributed by atoms with E-state index in [-0.39, 0.29) is 29.8 Å². The average Bonchev–Trinajstić information content (AvgIpc) is 3.09. The van der Waals surface area contributed by atoms with E-state index in [1.807, 2.05) is 0 Å². The molecule has 2 aromatic rings. The maximum absolute atomic E-state index is 12.0. The van der Waals surface area contributed by atoms with Gasteiger partial charge in [0, 0.05) is 13.5 Å². The lowest BCUT2D eigenvalue weighted by atomic mass is 10.1. The standard InChI is InChI=1S/C17H21N3O5S/c1-13(21)20(12-17(22)19-11-15-3-2-10-25-15)9-8-14-4-6-16(7-5-14)26(18,23)24/h2-7,10H,8-9,11-12H2,1H3,(H,19,22)(H2,18,23,24). The first-order chi connectivity index (χ1) is 12.3. The first kappa shape index (κ1) is 19.7. The van der Waals surface area contributed by atoms with Crippen LogP contribution in [0.15, 0.2) is 52.0 Å². The van der Waals surface area contributed by atoms with Crippen molar-refractivity contribution in [2.24, 2.45) is 5.14 Å². The van der Waals surface area contributed by atoms with Crippen molar-refractivity contribution in [3.8, 4) is 0 Å². The molecule has 1 aromatic carbocycles. The zero-order chi connectivity index (χ0) is 19.2. The molecule has 0 saturated heterocycles. The molecule has 3 N–H and O–H groups in total. The van der Waals surface area contributed by atoms with E-state index in [2.05, 4.69) is 5.32 Å². The third-order valence-electron chi connectivity index (χ3n) is 3.74. The number of carbonyl (C=O) groups is 2. The Balaban J connectivity index is 1.87. The number of amides is 2. The highest BCUT2D eigenvalue weighted by Gasteiger charge is 2.14. The van der Waals surface area contributed by atoms with E-state index in [0.717, 1.165) is 5.56 Å². The molecular weight excluding hydrogens is 358 g/mol. The van der Waals surface area contributed by atoms with Crippen LogP contribution < -0.4 is 10.5 Å². The van der Waals surface area contributed by atoms with Crippen LogP contribution in [0.5, 0.6) is 0 Å². The minimum Gasteiger partial charge on any atom is -0.467 e. The highest BCUT2D eigenvalue weighted by molar-refractivity contribution is 7.89. The van der Waals surface area contributed by atoms with Gasteiger partial charge in [-0.3, -0.25) is 9.59 Å². The molecule has 0 unspecified atom stereocenters. The molecule has 0 saturated carbocycles. The molecule has 0 aliphatic rings. The van der Waals surface area contributed by atoms with E-state index in [1.54, 1.807) is 24.3 Å². The molecule has 0 spiro atoms. The number of nitrogens with zero attached hydrogens (tertiary/aromatic N) is 1. The first-order valence-electron chi connectivity index (χ1n) is 7.92. The SMILES string of the molecule is CC(=O)N(CCc1ccc(S(N)(=O)=O)cc1)CC(=O)NCc1ccco1. The highest BCUT2D eigenvalue weighted by atomic mass is 32.2. The van der Waals surface area contributed by atoms with Crippen LogP contribution in [0, 0.1) is 0 Å². The lowest BCUT2D eigenvalue weighted by molar-refractivity contribution is -0.134. The summed E-state index contributed by atoms with van der Waals surface area (Å²) in [6.45, 7) is 1.92. The Kier molecular flexibility index (Phi) is 6.53. The van der Waals surface area contributed by atoms with Crippen molar-refractivity contribution in [3.63, 3.8) is 0 Å². The van der Waals surface area contributed by atoms with Gasteiger partial charge in [0.25, 0.3) is 0 Å². The van der Waals surface area contributed by atoms with Gasteiger partial charge in [-0.15, -0.1) is 0 Å². The normalized spacial score (nSPS) is 11.2. The molecule has 2 rings (SSSR count). The number of primary sulfonamides is 1. The van der Waals surface area contributed by atoms with E-state index in [0.29, 0.717) is 18.7 Å². The van der Waals surface area contributed by atoms with Gasteiger partial charge < -0.3 is 14.6 Å². The Morgan fingerprint density at radius 1 is 1.19 bits per heavy atom. The van der Waals surface area contributed by atoms with E-state index in [4.69, 9.17) is 9.56 Å². The molecule has 26 heavy (non-hydrogen) atoms. The smallest absolute Gasteiger partial charge is 0.240 e. The molecule has 0 aliphatic carbocycles. The van der Waals surface area contributed by atoms with Crippen LogP contribution in [0.25, 0.3) is 0 Å². The van der Waals surface area contributed by atoms with E-state index < -0.39 is 10.0 Å². The molecule has 140 valence electrons. The van der Waals surface area contributed by atoms with Crippen LogP contribution in [0.2, 0.25) is 0 Å². The highest BCUT2D eigenvalue weighted by Crippen LogP contribution is 2.10. The van der Waals surface area contributed by atoms with Crippen LogP contribution in [0.1, 0.15) is 18.2 Å². The third kappa shape index (κ3) is 6.01. The quantitative estimate of drug-likeness (QED) is 0.697. The second-order valence-corrected chi connectivity index (χ2v) is 7.30. The Bertz CT molecular complexity index is 845. The summed E-state index contributed by atoms with van der Waals surface area (Å²) in [5, 5.41) is 7.74. The number of sulfonamides is 1. The number of rotatable bonds is 8. The molecule has 1 heterocycles. The monoisotopic (exact) mass is 379 g/mol. The Morgan fingerprint density at radius 2 is 1.88 bits per heavy atom. The molecule has 0 radical (unpaired) electrons. The maximum atomic E-state index is 12.0. The molecule has 0 atom stereocenters. The van der Waals surface area contributed by atoms with Gasteiger partial charge in [0.05, 0.1) is 24.2 Å². The van der Waals surface area contributed by atoms with Crippen LogP contribution in [-0.4, -0.2) is 38.2 Å². The largest absolute Gasteiger partial charge is 0.467 e. The summed E-state index contributed by atoms with van der Waals surface area (Å²) in [7, 11) is -3.73. The number of nitrogens with two attached hydrogens (primary N) is 1. The second-order valence-electron chi connectivity index (χ2n) is 5.74. The maximum Gasteiger partial charge on any atom is 0.240 e. The lowest BCUT2D eigenvalue weighted by Gasteiger charge is -2.20. The number of hydrogen-bond donors (Lipinski definition) is 2. The van der Waals surface area contributed by atoms with Gasteiger partial charge >= 0.3 is 0 Å². The van der Waals surface area contributed by atoms with Crippen LogP contribution in [0.4, 0.5) is 0 Å². The van der Waals surface area contributed by atoms with Gasteiger partial charge in [0.1, 0.15) is 5.76 Å². The molecule has 8 nitrogen and oxygen atoms in total. The fraction of sp³-hybridized carbons (Fsp3) is 0.294. The van der Waals surface area contributed by atoms with E-state index in [9.17, 15) is 18.0 Å². The molecule has 0 fully saturated rings. The molecule has 1 aromatic heterocycles. The van der Waals surface area contributed by atoms with Gasteiger partial charge in [-0.25, -0.2) is 13.6 Å². The molecule has 9 heteroatoms. The minimum absolute atomic E-state index is 0.0296. The number of carbonyl (C=O) groups excluding carboxylic acids is 2. The van der Waals surface area contributed by atoms with Crippen molar-refractivity contribution in [1.29, 1.82) is 0 Å². The molecule has 2 amide bonds. The van der Waals surface area contributed by atoms with Crippen molar-refractivity contribution in [1.82, 2.24) is 10.2 Å². The van der Waals surface area contributed by atoms with Gasteiger partial charge in [-0.1, -0.05) is 12.1 Å². The Morgan fingerprint density at radius 3 is 2.42 bits per heavy atom. The van der Waals surface area contributed by atoms with Gasteiger partial charge in [0.15, 0.2) is 0 Å². The molecule has 0 aliphatic heterocycles. The summed E-state index contributed by atoms with van der Waals surface area (Å²) < 4.78 is 27.6. The van der Waals surface area contributed by atoms with Crippen LogP contribution >= 0.6 is 0 Å². The summed E-state index contributed by atoms with van der Waals surface area (Å²) >= 11 is 0. The fourth-order valence-electron chi connectivity index (χ4n) is 2.29. The number of furan rings is 1. The Hall–Kier alpha value is -2.65. The van der Waals surface area contributed by atoms with Crippen molar-refractivity contribution >= 4 is 21.8 Å². The average molecular weight is 379 g/mol. The first-order valence-corrected chi connectivity index (χ1v) is 9.46. The second kappa shape index (κ2) is 8.63. The van der Waals surface area contributed by atoms with Crippen molar-refractivity contribution in [2.75, 3.05) is 13.1 Å². The number of nitrogens with one attached hydrogen (secondary N) is 1. The zero-order valence-electron chi connectivity index (χ0n) is 14.3. The summed E-state index contributed by atoms with van der Waals surface area (Å²) in [6.07, 6.45) is 2.00. The predicted octanol–water partition coefficient (Wildman–Crippen LogP) is 0.634. The molecular formula is C17H21N3O5S. The van der Waals surface area contributed by atoms with Crippen molar-refractivity contribution in [2.45, 2.75) is 24.8 Å². The Labute approximate surface area is 152 Å². The van der Waals surface area contributed by atoms with Gasteiger partial charge in [-0.2, -0.15) is 0 Å². The number of hydrogen-bond acceptors (Lipinski definition) is 5. The van der Waals surface area contributed by atoms with E-state index >= 15 is 0 Å². The lowest BCUT2D eigenvalue weighted by Crippen LogP contribution is -2.40. The van der Waals surface area contributed by atoms with Crippen LogP contribution in [0.3, 0.4) is 0 Å². The summed E-state index contributed by atoms with van der Waals surface area (Å²) in [5.41, 5.74) is 0.833. The summed E-state index contributed by atoms with van der Waals surface area (Å²) in [6, 6.07) is 9.57. The predicted molar refractivity (Wildman–Crippen MR) is 94.3 cm³/mol. The zero-order valence-corrected chi connectivity index (χ0v) is 15.2. The van der Waals surface area contributed by atoms with Crippen LogP contribution in [-0.2, 0) is 32.6 Å². The fourth-order valence-corrected chi connectivity index (χ4v) is 2.80. The minimum atomic E-state index is -3.73. The van der Waals surface area contributed by atoms with Gasteiger partial charge in [0.2, 0.25) is 21.8 Å². The summed E-state index contributed by atoms with van der Waals surface area (Å²) in [4.78, 5) is 25.2. The van der Waals surface area contributed by atoms with E-state index in [1.165, 1.54) is 30.2 Å². The topological polar surface area (TPSA) is 123 Å². The van der Waals surface area contributed by atoms with Crippen molar-refractivity contribution in [3.05, 3.63) is 54.0 Å². The molecule has 0 bridgehead atoms. The summed E-state index contributed by atoms with van der Waals surface area (Å²) in [5.74, 6) is 0.114. The number of benzene rings is 1. The van der Waals surface area contributed by atoms with Gasteiger partial charge in [-0.05, 0) is 36.2 Å². The third-order valence-corrected chi connectivity index (χ3v) is 4.67.